The maximum Gasteiger partial charge on any atom is 0.132 e. The highest BCUT2D eigenvalue weighted by Crippen LogP contribution is 2.27. The number of nitrogens with zero attached hydrogens (tertiary/aromatic N) is 3. The summed E-state index contributed by atoms with van der Waals surface area (Å²) in [6.07, 6.45) is -1.20. The third-order valence-electron chi connectivity index (χ3n) is 1.88. The molecule has 0 saturated carbocycles. The summed E-state index contributed by atoms with van der Waals surface area (Å²) in [6, 6.07) is 4.20. The molecule has 15 heavy (non-hydrogen) atoms. The highest BCUT2D eigenvalue weighted by Gasteiger charge is 2.17. The van der Waals surface area contributed by atoms with Crippen LogP contribution in [0, 0.1) is 5.82 Å². The lowest BCUT2D eigenvalue weighted by Crippen LogP contribution is -2.06. The lowest BCUT2D eigenvalue weighted by atomic mass is 10.1. The molecule has 1 rings (SSSR count). The van der Waals surface area contributed by atoms with Gasteiger partial charge in [-0.25, -0.2) is 4.39 Å². The molecule has 0 amide bonds. The number of ether oxygens (including phenoxy) is 1. The fraction of sp³-hybridized carbons (Fsp3) is 0.333. The van der Waals surface area contributed by atoms with Crippen molar-refractivity contribution in [3.8, 4) is 5.75 Å². The number of methoxy groups -OCH3 is 1. The standard InChI is InChI=1S/C9H10FN3O2/c1-15-8-4-2-3-6(10)9(8)7(14)5-12-13-11/h2-4,7,14H,5H2,1H3/t7-/m0/s1. The van der Waals surface area contributed by atoms with Gasteiger partial charge in [-0.1, -0.05) is 11.2 Å². The van der Waals surface area contributed by atoms with Crippen LogP contribution >= 0.6 is 0 Å². The van der Waals surface area contributed by atoms with Crippen molar-refractivity contribution in [3.05, 3.63) is 40.0 Å². The van der Waals surface area contributed by atoms with E-state index >= 15 is 0 Å². The van der Waals surface area contributed by atoms with Crippen LogP contribution in [0.1, 0.15) is 11.7 Å². The molecule has 0 unspecified atom stereocenters. The number of hydrogen-bond donors (Lipinski definition) is 1. The van der Waals surface area contributed by atoms with Crippen molar-refractivity contribution in [2.45, 2.75) is 6.10 Å². The zero-order chi connectivity index (χ0) is 11.3. The van der Waals surface area contributed by atoms with Crippen molar-refractivity contribution in [2.75, 3.05) is 13.7 Å². The number of hydrogen-bond acceptors (Lipinski definition) is 3. The molecule has 0 fully saturated rings. The third-order valence-corrected chi connectivity index (χ3v) is 1.88. The van der Waals surface area contributed by atoms with Gasteiger partial charge in [-0.3, -0.25) is 0 Å². The fourth-order valence-electron chi connectivity index (χ4n) is 1.22. The van der Waals surface area contributed by atoms with Crippen LogP contribution in [0.5, 0.6) is 5.75 Å². The van der Waals surface area contributed by atoms with Crippen LogP contribution in [0.2, 0.25) is 0 Å². The molecule has 0 bridgehead atoms. The average molecular weight is 211 g/mol. The normalized spacial score (nSPS) is 11.7. The van der Waals surface area contributed by atoms with Gasteiger partial charge >= 0.3 is 0 Å². The van der Waals surface area contributed by atoms with Gasteiger partial charge < -0.3 is 9.84 Å². The van der Waals surface area contributed by atoms with Crippen molar-refractivity contribution >= 4 is 0 Å². The topological polar surface area (TPSA) is 78.2 Å². The molecule has 0 aliphatic rings. The van der Waals surface area contributed by atoms with E-state index in [1.54, 1.807) is 0 Å². The van der Waals surface area contributed by atoms with Crippen molar-refractivity contribution in [3.63, 3.8) is 0 Å². The molecule has 1 aromatic carbocycles. The average Bonchev–Trinajstić information content (AvgIpc) is 2.25. The van der Waals surface area contributed by atoms with E-state index in [2.05, 4.69) is 10.0 Å². The number of azide groups is 1. The predicted molar refractivity (Wildman–Crippen MR) is 51.9 cm³/mol. The summed E-state index contributed by atoms with van der Waals surface area (Å²) in [6.45, 7) is -0.228. The van der Waals surface area contributed by atoms with Gasteiger partial charge in [-0.15, -0.1) is 0 Å². The SMILES string of the molecule is COc1cccc(F)c1[C@@H](O)CN=[N+]=[N-]. The molecule has 0 radical (unpaired) electrons. The van der Waals surface area contributed by atoms with Crippen LogP contribution in [0.25, 0.3) is 10.4 Å². The predicted octanol–water partition coefficient (Wildman–Crippen LogP) is 2.18. The first-order valence-electron chi connectivity index (χ1n) is 4.22. The molecule has 80 valence electrons. The summed E-state index contributed by atoms with van der Waals surface area (Å²) in [7, 11) is 1.37. The summed E-state index contributed by atoms with van der Waals surface area (Å²) in [5, 5.41) is 12.7. The van der Waals surface area contributed by atoms with E-state index in [-0.39, 0.29) is 17.9 Å². The molecule has 0 spiro atoms. The van der Waals surface area contributed by atoms with Crippen LogP contribution in [0.3, 0.4) is 0 Å². The molecule has 1 aromatic rings. The quantitative estimate of drug-likeness (QED) is 0.470. The molecule has 1 atom stereocenters. The van der Waals surface area contributed by atoms with Gasteiger partial charge in [0.25, 0.3) is 0 Å². The van der Waals surface area contributed by atoms with Crippen LogP contribution in [0.4, 0.5) is 4.39 Å². The Kier molecular flexibility index (Phi) is 3.91. The Labute approximate surface area is 85.7 Å². The van der Waals surface area contributed by atoms with E-state index in [1.165, 1.54) is 25.3 Å². The van der Waals surface area contributed by atoms with E-state index in [0.29, 0.717) is 0 Å². The molecule has 0 aliphatic heterocycles. The van der Waals surface area contributed by atoms with Crippen LogP contribution in [-0.2, 0) is 0 Å². The van der Waals surface area contributed by atoms with Gasteiger partial charge in [0, 0.05) is 4.91 Å². The smallest absolute Gasteiger partial charge is 0.132 e. The summed E-state index contributed by atoms with van der Waals surface area (Å²) in [4.78, 5) is 2.49. The lowest BCUT2D eigenvalue weighted by Gasteiger charge is -2.13. The van der Waals surface area contributed by atoms with Gasteiger partial charge in [0.2, 0.25) is 0 Å². The van der Waals surface area contributed by atoms with Gasteiger partial charge in [0.05, 0.1) is 25.3 Å². The fourth-order valence-corrected chi connectivity index (χ4v) is 1.22. The molecular weight excluding hydrogens is 201 g/mol. The van der Waals surface area contributed by atoms with Gasteiger partial charge in [-0.05, 0) is 17.7 Å². The van der Waals surface area contributed by atoms with Gasteiger partial charge in [0.15, 0.2) is 0 Å². The van der Waals surface area contributed by atoms with Gasteiger partial charge in [-0.2, -0.15) is 0 Å². The second-order valence-corrected chi connectivity index (χ2v) is 2.79. The highest BCUT2D eigenvalue weighted by atomic mass is 19.1. The minimum Gasteiger partial charge on any atom is -0.496 e. The third kappa shape index (κ3) is 2.59. The zero-order valence-electron chi connectivity index (χ0n) is 8.09. The van der Waals surface area contributed by atoms with E-state index in [9.17, 15) is 9.50 Å². The van der Waals surface area contributed by atoms with E-state index in [0.717, 1.165) is 0 Å². The van der Waals surface area contributed by atoms with Crippen molar-refractivity contribution < 1.29 is 14.2 Å². The Hall–Kier alpha value is -1.78. The summed E-state index contributed by atoms with van der Waals surface area (Å²) >= 11 is 0. The lowest BCUT2D eigenvalue weighted by molar-refractivity contribution is 0.177. The Morgan fingerprint density at radius 2 is 2.40 bits per heavy atom. The van der Waals surface area contributed by atoms with Crippen molar-refractivity contribution in [1.82, 2.24) is 0 Å². The second kappa shape index (κ2) is 5.19. The van der Waals surface area contributed by atoms with E-state index < -0.39 is 11.9 Å². The minimum absolute atomic E-state index is 0.00685. The molecule has 0 saturated heterocycles. The van der Waals surface area contributed by atoms with Gasteiger partial charge in [0.1, 0.15) is 11.6 Å². The molecule has 5 nitrogen and oxygen atoms in total. The maximum atomic E-state index is 13.3. The first-order chi connectivity index (χ1) is 7.20. The Morgan fingerprint density at radius 1 is 1.67 bits per heavy atom. The van der Waals surface area contributed by atoms with Crippen molar-refractivity contribution in [2.24, 2.45) is 5.11 Å². The van der Waals surface area contributed by atoms with Crippen molar-refractivity contribution in [1.29, 1.82) is 0 Å². The van der Waals surface area contributed by atoms with Crippen LogP contribution in [0.15, 0.2) is 23.3 Å². The highest BCUT2D eigenvalue weighted by molar-refractivity contribution is 5.36. The molecule has 0 aromatic heterocycles. The monoisotopic (exact) mass is 211 g/mol. The molecular formula is C9H10FN3O2. The van der Waals surface area contributed by atoms with E-state index in [1.807, 2.05) is 0 Å². The van der Waals surface area contributed by atoms with Crippen LogP contribution < -0.4 is 4.74 Å². The molecule has 6 heteroatoms. The molecule has 1 N–H and O–H groups in total. The van der Waals surface area contributed by atoms with E-state index in [4.69, 9.17) is 10.3 Å². The number of halogens is 1. The minimum atomic E-state index is -1.20. The largest absolute Gasteiger partial charge is 0.496 e. The first-order valence-corrected chi connectivity index (χ1v) is 4.22. The summed E-state index contributed by atoms with van der Waals surface area (Å²) in [5.74, 6) is -0.356. The Morgan fingerprint density at radius 3 is 3.00 bits per heavy atom. The Balaban J connectivity index is 3.04. The number of benzene rings is 1. The number of rotatable bonds is 4. The molecule has 0 aliphatic carbocycles. The zero-order valence-corrected chi connectivity index (χ0v) is 8.09. The summed E-state index contributed by atoms with van der Waals surface area (Å²) < 4.78 is 18.2. The first kappa shape index (κ1) is 11.3. The summed E-state index contributed by atoms with van der Waals surface area (Å²) in [5.41, 5.74) is 8.09. The second-order valence-electron chi connectivity index (χ2n) is 2.79. The number of aliphatic hydroxyl groups is 1. The molecule has 0 heterocycles. The Bertz CT molecular complexity index is 391. The number of aliphatic hydroxyl groups excluding tert-OH is 1. The van der Waals surface area contributed by atoms with Crippen LogP contribution in [-0.4, -0.2) is 18.8 Å². The maximum absolute atomic E-state index is 13.3.